The van der Waals surface area contributed by atoms with E-state index >= 15 is 0 Å². The van der Waals surface area contributed by atoms with Gasteiger partial charge in [-0.1, -0.05) is 0 Å². The molecule has 1 spiro atoms. The van der Waals surface area contributed by atoms with Crippen LogP contribution < -0.4 is 9.47 Å². The second kappa shape index (κ2) is 6.28. The van der Waals surface area contributed by atoms with Gasteiger partial charge in [-0.3, -0.25) is 4.79 Å². The lowest BCUT2D eigenvalue weighted by molar-refractivity contribution is 0.0206. The van der Waals surface area contributed by atoms with Gasteiger partial charge >= 0.3 is 0 Å². The molecule has 3 aliphatic rings. The second-order valence-electron chi connectivity index (χ2n) is 7.53. The number of ether oxygens (including phenoxy) is 2. The smallest absolute Gasteiger partial charge is 0.254 e. The van der Waals surface area contributed by atoms with Crippen LogP contribution in [-0.4, -0.2) is 62.1 Å². The molecule has 0 bridgehead atoms. The van der Waals surface area contributed by atoms with Crippen molar-refractivity contribution in [1.29, 1.82) is 0 Å². The first kappa shape index (κ1) is 15.8. The third kappa shape index (κ3) is 2.97. The van der Waals surface area contributed by atoms with Gasteiger partial charge in [-0.15, -0.1) is 0 Å². The summed E-state index contributed by atoms with van der Waals surface area (Å²) >= 11 is 0. The molecule has 0 aliphatic carbocycles. The molecular weight excluding hydrogens is 304 g/mol. The summed E-state index contributed by atoms with van der Waals surface area (Å²) in [5.41, 5.74) is 0.995. The monoisotopic (exact) mass is 330 g/mol. The first-order chi connectivity index (χ1) is 11.7. The summed E-state index contributed by atoms with van der Waals surface area (Å²) in [5, 5.41) is 0. The van der Waals surface area contributed by atoms with E-state index < -0.39 is 0 Å². The molecule has 4 rings (SSSR count). The van der Waals surface area contributed by atoms with Crippen molar-refractivity contribution in [3.05, 3.63) is 23.8 Å². The Kier molecular flexibility index (Phi) is 4.12. The number of hydrogen-bond donors (Lipinski definition) is 0. The summed E-state index contributed by atoms with van der Waals surface area (Å²) in [6.45, 7) is 5.14. The molecule has 5 nitrogen and oxygen atoms in total. The van der Waals surface area contributed by atoms with Crippen LogP contribution in [0.4, 0.5) is 0 Å². The fourth-order valence-electron chi connectivity index (χ4n) is 4.53. The summed E-state index contributed by atoms with van der Waals surface area (Å²) in [6, 6.07) is 5.56. The summed E-state index contributed by atoms with van der Waals surface area (Å²) in [6.07, 6.45) is 4.82. The van der Waals surface area contributed by atoms with Gasteiger partial charge in [0, 0.05) is 30.6 Å². The number of piperidine rings is 2. The number of amides is 1. The standard InChI is InChI=1S/C19H26N2O3/c1-20-8-2-6-19(13-20)7-3-9-21(14-19)18(22)15-4-5-16-17(12-15)24-11-10-23-16/h4-5,12H,2-3,6-11,13-14H2,1H3/t19-/m1/s1. The normalized spacial score (nSPS) is 27.3. The Hall–Kier alpha value is -1.75. The van der Waals surface area contributed by atoms with Gasteiger partial charge in [-0.2, -0.15) is 0 Å². The minimum Gasteiger partial charge on any atom is -0.486 e. The molecule has 0 unspecified atom stereocenters. The molecule has 5 heteroatoms. The van der Waals surface area contributed by atoms with Crippen molar-refractivity contribution in [2.24, 2.45) is 5.41 Å². The van der Waals surface area contributed by atoms with E-state index in [0.29, 0.717) is 24.5 Å². The Labute approximate surface area is 143 Å². The first-order valence-electron chi connectivity index (χ1n) is 9.03. The summed E-state index contributed by atoms with van der Waals surface area (Å²) in [5.74, 6) is 1.55. The van der Waals surface area contributed by atoms with E-state index in [4.69, 9.17) is 9.47 Å². The lowest BCUT2D eigenvalue weighted by atomic mass is 9.74. The summed E-state index contributed by atoms with van der Waals surface area (Å²) in [7, 11) is 2.20. The van der Waals surface area contributed by atoms with Crippen LogP contribution in [0.3, 0.4) is 0 Å². The third-order valence-corrected chi connectivity index (χ3v) is 5.59. The fourth-order valence-corrected chi connectivity index (χ4v) is 4.53. The topological polar surface area (TPSA) is 42.0 Å². The van der Waals surface area contributed by atoms with Crippen molar-refractivity contribution < 1.29 is 14.3 Å². The Morgan fingerprint density at radius 2 is 1.79 bits per heavy atom. The van der Waals surface area contributed by atoms with Crippen molar-refractivity contribution in [3.63, 3.8) is 0 Å². The Balaban J connectivity index is 1.51. The lowest BCUT2D eigenvalue weighted by Gasteiger charge is -2.47. The van der Waals surface area contributed by atoms with Gasteiger partial charge in [-0.05, 0) is 57.5 Å². The van der Waals surface area contributed by atoms with Gasteiger partial charge in [0.05, 0.1) is 0 Å². The number of fused-ring (bicyclic) bond motifs is 1. The summed E-state index contributed by atoms with van der Waals surface area (Å²) < 4.78 is 11.2. The van der Waals surface area contributed by atoms with Crippen LogP contribution in [0.1, 0.15) is 36.0 Å². The van der Waals surface area contributed by atoms with E-state index in [1.807, 2.05) is 23.1 Å². The molecule has 0 saturated carbocycles. The van der Waals surface area contributed by atoms with Crippen molar-refractivity contribution in [1.82, 2.24) is 9.80 Å². The van der Waals surface area contributed by atoms with E-state index in [-0.39, 0.29) is 11.3 Å². The second-order valence-corrected chi connectivity index (χ2v) is 7.53. The zero-order valence-electron chi connectivity index (χ0n) is 14.4. The lowest BCUT2D eigenvalue weighted by Crippen LogP contribution is -2.52. The predicted molar refractivity (Wildman–Crippen MR) is 91.7 cm³/mol. The Morgan fingerprint density at radius 3 is 2.58 bits per heavy atom. The van der Waals surface area contributed by atoms with Crippen LogP contribution >= 0.6 is 0 Å². The summed E-state index contributed by atoms with van der Waals surface area (Å²) in [4.78, 5) is 17.5. The van der Waals surface area contributed by atoms with Gasteiger partial charge in [0.25, 0.3) is 5.91 Å². The maximum atomic E-state index is 13.0. The third-order valence-electron chi connectivity index (χ3n) is 5.59. The molecule has 130 valence electrons. The van der Waals surface area contributed by atoms with Crippen molar-refractivity contribution in [3.8, 4) is 11.5 Å². The average Bonchev–Trinajstić information content (AvgIpc) is 2.60. The first-order valence-corrected chi connectivity index (χ1v) is 9.03. The van der Waals surface area contributed by atoms with Crippen LogP contribution in [0.2, 0.25) is 0 Å². The quantitative estimate of drug-likeness (QED) is 0.793. The van der Waals surface area contributed by atoms with Crippen LogP contribution in [0, 0.1) is 5.41 Å². The van der Waals surface area contributed by atoms with Crippen molar-refractivity contribution in [2.45, 2.75) is 25.7 Å². The number of carbonyl (C=O) groups excluding carboxylic acids is 1. The number of carbonyl (C=O) groups is 1. The highest BCUT2D eigenvalue weighted by atomic mass is 16.6. The zero-order chi connectivity index (χ0) is 16.6. The zero-order valence-corrected chi connectivity index (χ0v) is 14.4. The maximum Gasteiger partial charge on any atom is 0.254 e. The number of likely N-dealkylation sites (tertiary alicyclic amines) is 2. The van der Waals surface area contributed by atoms with Crippen molar-refractivity contribution in [2.75, 3.05) is 46.4 Å². The van der Waals surface area contributed by atoms with Gasteiger partial charge in [-0.25, -0.2) is 0 Å². The van der Waals surface area contributed by atoms with E-state index in [0.717, 1.165) is 31.8 Å². The molecular formula is C19H26N2O3. The van der Waals surface area contributed by atoms with Crippen molar-refractivity contribution >= 4 is 5.91 Å². The largest absolute Gasteiger partial charge is 0.486 e. The van der Waals surface area contributed by atoms with Crippen LogP contribution in [0.5, 0.6) is 11.5 Å². The highest BCUT2D eigenvalue weighted by Gasteiger charge is 2.39. The van der Waals surface area contributed by atoms with Gasteiger partial charge in [0.2, 0.25) is 0 Å². The molecule has 0 N–H and O–H groups in total. The minimum absolute atomic E-state index is 0.124. The van der Waals surface area contributed by atoms with Crippen LogP contribution in [0.15, 0.2) is 18.2 Å². The van der Waals surface area contributed by atoms with Crippen LogP contribution in [-0.2, 0) is 0 Å². The van der Waals surface area contributed by atoms with E-state index in [1.54, 1.807) is 0 Å². The Bertz CT molecular complexity index is 629. The molecule has 0 aromatic heterocycles. The predicted octanol–water partition coefficient (Wildman–Crippen LogP) is 2.41. The number of hydrogen-bond acceptors (Lipinski definition) is 4. The molecule has 2 saturated heterocycles. The highest BCUT2D eigenvalue weighted by Crippen LogP contribution is 2.39. The van der Waals surface area contributed by atoms with Gasteiger partial charge < -0.3 is 19.3 Å². The Morgan fingerprint density at radius 1 is 1.04 bits per heavy atom. The maximum absolute atomic E-state index is 13.0. The molecule has 1 amide bonds. The fraction of sp³-hybridized carbons (Fsp3) is 0.632. The minimum atomic E-state index is 0.124. The molecule has 0 radical (unpaired) electrons. The van der Waals surface area contributed by atoms with Gasteiger partial charge in [0.15, 0.2) is 11.5 Å². The molecule has 3 heterocycles. The molecule has 1 atom stereocenters. The SMILES string of the molecule is CN1CCC[C@@]2(CCCN(C(=O)c3ccc4c(c3)OCCO4)C2)C1. The highest BCUT2D eigenvalue weighted by molar-refractivity contribution is 5.95. The molecule has 24 heavy (non-hydrogen) atoms. The number of rotatable bonds is 1. The van der Waals surface area contributed by atoms with Gasteiger partial charge in [0.1, 0.15) is 13.2 Å². The molecule has 2 fully saturated rings. The number of nitrogens with zero attached hydrogens (tertiary/aromatic N) is 2. The van der Waals surface area contributed by atoms with Crippen LogP contribution in [0.25, 0.3) is 0 Å². The van der Waals surface area contributed by atoms with E-state index in [2.05, 4.69) is 11.9 Å². The average molecular weight is 330 g/mol. The molecule has 1 aromatic carbocycles. The number of benzene rings is 1. The molecule has 1 aromatic rings. The van der Waals surface area contributed by atoms with E-state index in [9.17, 15) is 4.79 Å². The van der Waals surface area contributed by atoms with E-state index in [1.165, 1.54) is 25.8 Å². The molecule has 3 aliphatic heterocycles.